The fourth-order valence-corrected chi connectivity index (χ4v) is 2.21. The van der Waals surface area contributed by atoms with Gasteiger partial charge < -0.3 is 0 Å². The van der Waals surface area contributed by atoms with Gasteiger partial charge in [0, 0.05) is 6.04 Å². The van der Waals surface area contributed by atoms with Gasteiger partial charge in [0.25, 0.3) is 0 Å². The van der Waals surface area contributed by atoms with Crippen molar-refractivity contribution in [2.75, 3.05) is 0 Å². The number of nitrogens with one attached hydrogen (secondary N) is 1. The zero-order valence-electron chi connectivity index (χ0n) is 11.5. The number of hydrogen-bond donors (Lipinski definition) is 2. The molecule has 1 rings (SSSR count). The van der Waals surface area contributed by atoms with E-state index in [4.69, 9.17) is 5.84 Å². The second kappa shape index (κ2) is 6.77. The van der Waals surface area contributed by atoms with Crippen molar-refractivity contribution in [1.82, 2.24) is 5.43 Å². The summed E-state index contributed by atoms with van der Waals surface area (Å²) in [6, 6.07) is 9.05. The maximum atomic E-state index is 5.68. The van der Waals surface area contributed by atoms with Crippen molar-refractivity contribution >= 4 is 0 Å². The van der Waals surface area contributed by atoms with Crippen molar-refractivity contribution in [2.24, 2.45) is 17.7 Å². The van der Waals surface area contributed by atoms with Crippen LogP contribution in [0.3, 0.4) is 0 Å². The highest BCUT2D eigenvalue weighted by Crippen LogP contribution is 2.24. The molecule has 3 N–H and O–H groups in total. The molecule has 0 amide bonds. The standard InChI is InChI=1S/C15H26N2/c1-5-12(4)15(17-16)14-8-6-7-13(10-14)9-11(2)3/h6-8,10-12,15,17H,5,9,16H2,1-4H3. The molecule has 0 saturated carbocycles. The second-order valence-corrected chi connectivity index (χ2v) is 5.37. The van der Waals surface area contributed by atoms with Crippen molar-refractivity contribution in [1.29, 1.82) is 0 Å². The van der Waals surface area contributed by atoms with Crippen LogP contribution >= 0.6 is 0 Å². The maximum Gasteiger partial charge on any atom is 0.0485 e. The van der Waals surface area contributed by atoms with Crippen LogP contribution in [0, 0.1) is 11.8 Å². The van der Waals surface area contributed by atoms with Gasteiger partial charge >= 0.3 is 0 Å². The van der Waals surface area contributed by atoms with Gasteiger partial charge in [0.1, 0.15) is 0 Å². The highest BCUT2D eigenvalue weighted by molar-refractivity contribution is 5.26. The van der Waals surface area contributed by atoms with Crippen LogP contribution in [0.4, 0.5) is 0 Å². The van der Waals surface area contributed by atoms with Crippen molar-refractivity contribution in [3.05, 3.63) is 35.4 Å². The minimum Gasteiger partial charge on any atom is -0.271 e. The molecule has 0 aromatic heterocycles. The third-order valence-electron chi connectivity index (χ3n) is 3.35. The lowest BCUT2D eigenvalue weighted by atomic mass is 9.91. The lowest BCUT2D eigenvalue weighted by molar-refractivity contribution is 0.382. The minimum atomic E-state index is 0.257. The first kappa shape index (κ1) is 14.2. The minimum absolute atomic E-state index is 0.257. The number of nitrogens with two attached hydrogens (primary N) is 1. The molecule has 2 heteroatoms. The first-order valence-corrected chi connectivity index (χ1v) is 6.63. The van der Waals surface area contributed by atoms with Crippen LogP contribution in [-0.4, -0.2) is 0 Å². The van der Waals surface area contributed by atoms with Crippen molar-refractivity contribution in [3.8, 4) is 0 Å². The van der Waals surface area contributed by atoms with Crippen molar-refractivity contribution in [2.45, 2.75) is 46.6 Å². The molecule has 0 aliphatic carbocycles. The molecule has 0 fully saturated rings. The summed E-state index contributed by atoms with van der Waals surface area (Å²) in [5, 5.41) is 0. The summed E-state index contributed by atoms with van der Waals surface area (Å²) >= 11 is 0. The molecular weight excluding hydrogens is 208 g/mol. The van der Waals surface area contributed by atoms with E-state index in [2.05, 4.69) is 57.4 Å². The Morgan fingerprint density at radius 1 is 1.24 bits per heavy atom. The van der Waals surface area contributed by atoms with Gasteiger partial charge in [0.2, 0.25) is 0 Å². The Kier molecular flexibility index (Phi) is 5.66. The van der Waals surface area contributed by atoms with E-state index in [1.807, 2.05) is 0 Å². The average molecular weight is 234 g/mol. The number of hydrogen-bond acceptors (Lipinski definition) is 2. The molecular formula is C15H26N2. The van der Waals surface area contributed by atoms with Gasteiger partial charge in [-0.3, -0.25) is 11.3 Å². The Balaban J connectivity index is 2.88. The molecule has 17 heavy (non-hydrogen) atoms. The zero-order valence-corrected chi connectivity index (χ0v) is 11.5. The summed E-state index contributed by atoms with van der Waals surface area (Å²) in [6.45, 7) is 8.94. The first-order valence-electron chi connectivity index (χ1n) is 6.63. The normalized spacial score (nSPS) is 14.9. The van der Waals surface area contributed by atoms with Gasteiger partial charge in [-0.1, -0.05) is 58.4 Å². The largest absolute Gasteiger partial charge is 0.271 e. The summed E-state index contributed by atoms with van der Waals surface area (Å²) in [4.78, 5) is 0. The molecule has 2 unspecified atom stereocenters. The lowest BCUT2D eigenvalue weighted by Crippen LogP contribution is -2.32. The van der Waals surface area contributed by atoms with E-state index in [0.29, 0.717) is 11.8 Å². The maximum absolute atomic E-state index is 5.68. The van der Waals surface area contributed by atoms with Crippen LogP contribution in [0.2, 0.25) is 0 Å². The molecule has 0 spiro atoms. The molecule has 1 aromatic carbocycles. The first-order chi connectivity index (χ1) is 8.08. The smallest absolute Gasteiger partial charge is 0.0485 e. The number of hydrazine groups is 1. The van der Waals surface area contributed by atoms with E-state index >= 15 is 0 Å². The molecule has 96 valence electrons. The van der Waals surface area contributed by atoms with Crippen LogP contribution in [0.5, 0.6) is 0 Å². The fourth-order valence-electron chi connectivity index (χ4n) is 2.21. The van der Waals surface area contributed by atoms with E-state index in [-0.39, 0.29) is 6.04 Å². The van der Waals surface area contributed by atoms with Crippen LogP contribution < -0.4 is 11.3 Å². The zero-order chi connectivity index (χ0) is 12.8. The van der Waals surface area contributed by atoms with Gasteiger partial charge in [-0.25, -0.2) is 0 Å². The Morgan fingerprint density at radius 2 is 1.94 bits per heavy atom. The summed E-state index contributed by atoms with van der Waals surface area (Å²) in [7, 11) is 0. The molecule has 0 radical (unpaired) electrons. The Morgan fingerprint density at radius 3 is 2.47 bits per heavy atom. The Hall–Kier alpha value is -0.860. The van der Waals surface area contributed by atoms with Gasteiger partial charge in [0.15, 0.2) is 0 Å². The van der Waals surface area contributed by atoms with Crippen LogP contribution in [-0.2, 0) is 6.42 Å². The summed E-state index contributed by atoms with van der Waals surface area (Å²) in [6.07, 6.45) is 2.26. The summed E-state index contributed by atoms with van der Waals surface area (Å²) in [5.74, 6) is 6.93. The van der Waals surface area contributed by atoms with Crippen LogP contribution in [0.25, 0.3) is 0 Å². The number of benzene rings is 1. The van der Waals surface area contributed by atoms with Crippen LogP contribution in [0.15, 0.2) is 24.3 Å². The molecule has 0 bridgehead atoms. The fraction of sp³-hybridized carbons (Fsp3) is 0.600. The van der Waals surface area contributed by atoms with Gasteiger partial charge in [-0.2, -0.15) is 0 Å². The van der Waals surface area contributed by atoms with E-state index in [9.17, 15) is 0 Å². The molecule has 0 heterocycles. The molecule has 2 nitrogen and oxygen atoms in total. The van der Waals surface area contributed by atoms with Crippen LogP contribution in [0.1, 0.15) is 51.3 Å². The predicted molar refractivity (Wildman–Crippen MR) is 74.5 cm³/mol. The quantitative estimate of drug-likeness (QED) is 0.584. The lowest BCUT2D eigenvalue weighted by Gasteiger charge is -2.23. The topological polar surface area (TPSA) is 38.0 Å². The van der Waals surface area contributed by atoms with E-state index < -0.39 is 0 Å². The van der Waals surface area contributed by atoms with E-state index in [1.54, 1.807) is 0 Å². The molecule has 0 aliphatic heterocycles. The molecule has 1 aromatic rings. The monoisotopic (exact) mass is 234 g/mol. The molecule has 0 saturated heterocycles. The summed E-state index contributed by atoms with van der Waals surface area (Å²) in [5.41, 5.74) is 5.66. The third kappa shape index (κ3) is 4.14. The van der Waals surface area contributed by atoms with Crippen molar-refractivity contribution < 1.29 is 0 Å². The van der Waals surface area contributed by atoms with E-state index in [0.717, 1.165) is 12.8 Å². The Bertz CT molecular complexity index is 333. The van der Waals surface area contributed by atoms with Gasteiger partial charge in [-0.05, 0) is 29.4 Å². The third-order valence-corrected chi connectivity index (χ3v) is 3.35. The van der Waals surface area contributed by atoms with Crippen molar-refractivity contribution in [3.63, 3.8) is 0 Å². The summed E-state index contributed by atoms with van der Waals surface area (Å²) < 4.78 is 0. The van der Waals surface area contributed by atoms with E-state index in [1.165, 1.54) is 11.1 Å². The molecule has 0 aliphatic rings. The highest BCUT2D eigenvalue weighted by atomic mass is 15.2. The second-order valence-electron chi connectivity index (χ2n) is 5.37. The highest BCUT2D eigenvalue weighted by Gasteiger charge is 2.16. The predicted octanol–water partition coefficient (Wildman–Crippen LogP) is 3.44. The van der Waals surface area contributed by atoms with Gasteiger partial charge in [-0.15, -0.1) is 0 Å². The average Bonchev–Trinajstić information content (AvgIpc) is 2.29. The van der Waals surface area contributed by atoms with Gasteiger partial charge in [0.05, 0.1) is 0 Å². The SMILES string of the molecule is CCC(C)C(NN)c1cccc(CC(C)C)c1. The molecule has 2 atom stereocenters. The number of rotatable bonds is 6. The Labute approximate surface area is 106 Å².